The maximum absolute atomic E-state index is 13.4. The number of benzene rings is 2. The molecule has 0 bridgehead atoms. The molecule has 0 aliphatic rings. The summed E-state index contributed by atoms with van der Waals surface area (Å²) in [6, 6.07) is 15.8. The molecule has 0 saturated carbocycles. The van der Waals surface area contributed by atoms with Gasteiger partial charge in [0.2, 0.25) is 0 Å². The molecule has 2 aromatic rings. The summed E-state index contributed by atoms with van der Waals surface area (Å²) < 4.78 is 5.75. The average Bonchev–Trinajstić information content (AvgIpc) is 2.69. The van der Waals surface area contributed by atoms with Gasteiger partial charge < -0.3 is 9.64 Å². The number of allylic oxidation sites excluding steroid dienone is 1. The van der Waals surface area contributed by atoms with Crippen LogP contribution >= 0.6 is 0 Å². The Bertz CT molecular complexity index is 762. The van der Waals surface area contributed by atoms with Gasteiger partial charge in [0.05, 0.1) is 0 Å². The molecule has 0 heterocycles. The van der Waals surface area contributed by atoms with E-state index in [1.54, 1.807) is 0 Å². The Morgan fingerprint density at radius 3 is 2.46 bits per heavy atom. The minimum atomic E-state index is -0.118. The van der Waals surface area contributed by atoms with E-state index in [9.17, 15) is 4.79 Å². The molecular formula is C25H33NO2. The minimum absolute atomic E-state index is 0.118. The Morgan fingerprint density at radius 2 is 1.82 bits per heavy atom. The molecule has 2 rings (SSSR count). The fourth-order valence-electron chi connectivity index (χ4n) is 3.26. The van der Waals surface area contributed by atoms with Crippen LogP contribution in [0.4, 0.5) is 0 Å². The van der Waals surface area contributed by atoms with Crippen LogP contribution in [0.3, 0.4) is 0 Å². The summed E-state index contributed by atoms with van der Waals surface area (Å²) in [6.07, 6.45) is 7.09. The fourth-order valence-corrected chi connectivity index (χ4v) is 3.26. The molecule has 0 radical (unpaired) electrons. The molecule has 0 saturated heterocycles. The summed E-state index contributed by atoms with van der Waals surface area (Å²) in [5.41, 5.74) is 2.99. The van der Waals surface area contributed by atoms with Crippen LogP contribution in [0, 0.1) is 0 Å². The van der Waals surface area contributed by atoms with E-state index in [2.05, 4.69) is 30.0 Å². The number of nitrogens with zero attached hydrogens (tertiary/aromatic N) is 1. The number of Topliss-reactive ketones (excluding diaryl/α,β-unsaturated/α-hetero) is 1. The molecule has 0 N–H and O–H groups in total. The first-order valence-electron chi connectivity index (χ1n) is 10.2. The molecule has 150 valence electrons. The monoisotopic (exact) mass is 379 g/mol. The first-order valence-corrected chi connectivity index (χ1v) is 10.2. The predicted octanol–water partition coefficient (Wildman–Crippen LogP) is 5.82. The third-order valence-corrected chi connectivity index (χ3v) is 4.83. The lowest BCUT2D eigenvalue weighted by atomic mass is 9.84. The van der Waals surface area contributed by atoms with Gasteiger partial charge in [-0.15, -0.1) is 0 Å². The topological polar surface area (TPSA) is 29.5 Å². The van der Waals surface area contributed by atoms with E-state index in [0.29, 0.717) is 6.61 Å². The first-order chi connectivity index (χ1) is 13.6. The quantitative estimate of drug-likeness (QED) is 0.461. The second kappa shape index (κ2) is 11.5. The third kappa shape index (κ3) is 6.35. The van der Waals surface area contributed by atoms with Crippen LogP contribution in [0.25, 0.3) is 6.08 Å². The lowest BCUT2D eigenvalue weighted by Crippen LogP contribution is -2.19. The molecule has 0 aromatic heterocycles. The van der Waals surface area contributed by atoms with Gasteiger partial charge in [-0.2, -0.15) is 0 Å². The van der Waals surface area contributed by atoms with E-state index in [4.69, 9.17) is 4.74 Å². The largest absolute Gasteiger partial charge is 0.492 e. The first kappa shape index (κ1) is 21.9. The number of carbonyl (C=O) groups is 1. The molecule has 2 aromatic carbocycles. The van der Waals surface area contributed by atoms with Crippen LogP contribution in [0.2, 0.25) is 0 Å². The van der Waals surface area contributed by atoms with Gasteiger partial charge in [0, 0.05) is 18.0 Å². The SMILES string of the molecule is C/C=C/c1ccccc1C(CCCC)C(=O)c1ccc(OCCN(C)C)cc1. The number of likely N-dealkylation sites (N-methyl/N-ethyl adjacent to an activating group) is 1. The molecule has 0 aliphatic carbocycles. The molecule has 3 nitrogen and oxygen atoms in total. The van der Waals surface area contributed by atoms with E-state index in [-0.39, 0.29) is 11.7 Å². The second-order valence-electron chi connectivity index (χ2n) is 7.36. The second-order valence-corrected chi connectivity index (χ2v) is 7.36. The van der Waals surface area contributed by atoms with Crippen LogP contribution in [0.15, 0.2) is 54.6 Å². The van der Waals surface area contributed by atoms with Crippen LogP contribution < -0.4 is 4.74 Å². The predicted molar refractivity (Wildman–Crippen MR) is 118 cm³/mol. The van der Waals surface area contributed by atoms with Crippen molar-refractivity contribution in [1.82, 2.24) is 4.90 Å². The highest BCUT2D eigenvalue weighted by Crippen LogP contribution is 2.30. The molecule has 0 amide bonds. The van der Waals surface area contributed by atoms with Crippen molar-refractivity contribution < 1.29 is 9.53 Å². The van der Waals surface area contributed by atoms with Crippen molar-refractivity contribution >= 4 is 11.9 Å². The smallest absolute Gasteiger partial charge is 0.170 e. The zero-order valence-electron chi connectivity index (χ0n) is 17.7. The van der Waals surface area contributed by atoms with Gasteiger partial charge in [-0.3, -0.25) is 4.79 Å². The van der Waals surface area contributed by atoms with Gasteiger partial charge in [0.1, 0.15) is 12.4 Å². The summed E-state index contributed by atoms with van der Waals surface area (Å²) in [4.78, 5) is 15.4. The molecule has 0 aliphatic heterocycles. The zero-order chi connectivity index (χ0) is 20.4. The Morgan fingerprint density at radius 1 is 1.11 bits per heavy atom. The van der Waals surface area contributed by atoms with Crippen molar-refractivity contribution in [3.63, 3.8) is 0 Å². The van der Waals surface area contributed by atoms with Crippen molar-refractivity contribution in [3.8, 4) is 5.75 Å². The van der Waals surface area contributed by atoms with Gasteiger partial charge in [0.15, 0.2) is 5.78 Å². The molecule has 1 atom stereocenters. The summed E-state index contributed by atoms with van der Waals surface area (Å²) in [6.45, 7) is 5.67. The summed E-state index contributed by atoms with van der Waals surface area (Å²) in [7, 11) is 4.04. The summed E-state index contributed by atoms with van der Waals surface area (Å²) in [5.74, 6) is 0.871. The number of hydrogen-bond donors (Lipinski definition) is 0. The van der Waals surface area contributed by atoms with E-state index < -0.39 is 0 Å². The fraction of sp³-hybridized carbons (Fsp3) is 0.400. The zero-order valence-corrected chi connectivity index (χ0v) is 17.7. The van der Waals surface area contributed by atoms with Gasteiger partial charge in [-0.1, -0.05) is 56.2 Å². The number of rotatable bonds is 11. The number of carbonyl (C=O) groups excluding carboxylic acids is 1. The van der Waals surface area contributed by atoms with Crippen molar-refractivity contribution in [2.75, 3.05) is 27.2 Å². The Hall–Kier alpha value is -2.39. The van der Waals surface area contributed by atoms with Crippen molar-refractivity contribution in [3.05, 3.63) is 71.3 Å². The van der Waals surface area contributed by atoms with Gasteiger partial charge in [0.25, 0.3) is 0 Å². The number of hydrogen-bond acceptors (Lipinski definition) is 3. The minimum Gasteiger partial charge on any atom is -0.492 e. The number of ether oxygens (including phenoxy) is 1. The van der Waals surface area contributed by atoms with Crippen molar-refractivity contribution in [2.24, 2.45) is 0 Å². The van der Waals surface area contributed by atoms with E-state index in [1.165, 1.54) is 0 Å². The van der Waals surface area contributed by atoms with Gasteiger partial charge >= 0.3 is 0 Å². The lowest BCUT2D eigenvalue weighted by molar-refractivity contribution is 0.0954. The maximum atomic E-state index is 13.4. The maximum Gasteiger partial charge on any atom is 0.170 e. The van der Waals surface area contributed by atoms with Crippen LogP contribution in [-0.4, -0.2) is 37.9 Å². The van der Waals surface area contributed by atoms with Crippen LogP contribution in [0.1, 0.15) is 60.5 Å². The Labute approximate surface area is 170 Å². The van der Waals surface area contributed by atoms with E-state index in [0.717, 1.165) is 48.2 Å². The molecular weight excluding hydrogens is 346 g/mol. The van der Waals surface area contributed by atoms with Gasteiger partial charge in [-0.25, -0.2) is 0 Å². The molecule has 28 heavy (non-hydrogen) atoms. The normalized spacial score (nSPS) is 12.5. The van der Waals surface area contributed by atoms with Crippen molar-refractivity contribution in [1.29, 1.82) is 0 Å². The number of ketones is 1. The lowest BCUT2D eigenvalue weighted by Gasteiger charge is -2.19. The summed E-state index contributed by atoms with van der Waals surface area (Å²) >= 11 is 0. The highest BCUT2D eigenvalue weighted by atomic mass is 16.5. The molecule has 0 spiro atoms. The molecule has 0 fully saturated rings. The third-order valence-electron chi connectivity index (χ3n) is 4.83. The summed E-state index contributed by atoms with van der Waals surface area (Å²) in [5, 5.41) is 0. The highest BCUT2D eigenvalue weighted by Gasteiger charge is 2.23. The van der Waals surface area contributed by atoms with E-state index in [1.807, 2.05) is 63.5 Å². The van der Waals surface area contributed by atoms with Gasteiger partial charge in [-0.05, 0) is 62.8 Å². The molecule has 1 unspecified atom stereocenters. The number of unbranched alkanes of at least 4 members (excludes halogenated alkanes) is 1. The average molecular weight is 380 g/mol. The standard InChI is InChI=1S/C25H33NO2/c1-5-7-12-24(23-13-9-8-11-20(23)10-6-2)25(27)21-14-16-22(17-15-21)28-19-18-26(3)4/h6,8-11,13-17,24H,5,7,12,18-19H2,1-4H3/b10-6+. The Kier molecular flexibility index (Phi) is 8.96. The van der Waals surface area contributed by atoms with Crippen LogP contribution in [-0.2, 0) is 0 Å². The van der Waals surface area contributed by atoms with Crippen molar-refractivity contribution in [2.45, 2.75) is 39.0 Å². The molecule has 3 heteroatoms. The van der Waals surface area contributed by atoms with Crippen LogP contribution in [0.5, 0.6) is 5.75 Å². The van der Waals surface area contributed by atoms with E-state index >= 15 is 0 Å². The Balaban J connectivity index is 2.21. The highest BCUT2D eigenvalue weighted by molar-refractivity contribution is 6.01.